The van der Waals surface area contributed by atoms with E-state index in [1.807, 2.05) is 25.1 Å². The van der Waals surface area contributed by atoms with Gasteiger partial charge in [-0.15, -0.1) is 0 Å². The van der Waals surface area contributed by atoms with Gasteiger partial charge in [0, 0.05) is 12.5 Å². The van der Waals surface area contributed by atoms with E-state index in [2.05, 4.69) is 6.07 Å². The predicted octanol–water partition coefficient (Wildman–Crippen LogP) is 2.13. The molecule has 0 amide bonds. The molecule has 0 aliphatic heterocycles. The third-order valence-electron chi connectivity index (χ3n) is 2.62. The van der Waals surface area contributed by atoms with Gasteiger partial charge in [-0.05, 0) is 32.3 Å². The predicted molar refractivity (Wildman–Crippen MR) is 60.8 cm³/mol. The number of carbonyl (C=O) groups is 1. The van der Waals surface area contributed by atoms with Gasteiger partial charge in [-0.2, -0.15) is 0 Å². The minimum Gasteiger partial charge on any atom is -0.396 e. The number of ketones is 1. The highest BCUT2D eigenvalue weighted by Gasteiger charge is 2.13. The summed E-state index contributed by atoms with van der Waals surface area (Å²) in [5.41, 5.74) is 2.38. The zero-order valence-corrected chi connectivity index (χ0v) is 9.36. The van der Waals surface area contributed by atoms with Crippen molar-refractivity contribution in [3.8, 4) is 0 Å². The van der Waals surface area contributed by atoms with Gasteiger partial charge in [-0.3, -0.25) is 4.79 Å². The van der Waals surface area contributed by atoms with E-state index in [1.54, 1.807) is 6.92 Å². The van der Waals surface area contributed by atoms with Crippen LogP contribution < -0.4 is 0 Å². The number of rotatable bonds is 5. The second-order valence-corrected chi connectivity index (χ2v) is 4.01. The molecular formula is C13H18O2. The topological polar surface area (TPSA) is 37.3 Å². The molecule has 1 N–H and O–H groups in total. The fraction of sp³-hybridized carbons (Fsp3) is 0.462. The van der Waals surface area contributed by atoms with E-state index in [0.717, 1.165) is 6.42 Å². The molecule has 82 valence electrons. The molecule has 0 aliphatic carbocycles. The monoisotopic (exact) mass is 206 g/mol. The molecule has 0 radical (unpaired) electrons. The number of hydrogen-bond acceptors (Lipinski definition) is 2. The Labute approximate surface area is 90.9 Å². The Hall–Kier alpha value is -1.15. The Morgan fingerprint density at radius 3 is 2.73 bits per heavy atom. The number of hydrogen-bond donors (Lipinski definition) is 1. The van der Waals surface area contributed by atoms with E-state index in [-0.39, 0.29) is 18.3 Å². The highest BCUT2D eigenvalue weighted by molar-refractivity contribution is 5.78. The maximum Gasteiger partial charge on any atom is 0.133 e. The number of aliphatic hydroxyl groups excluding tert-OH is 1. The van der Waals surface area contributed by atoms with Gasteiger partial charge in [0.1, 0.15) is 5.78 Å². The molecule has 0 aromatic heterocycles. The maximum atomic E-state index is 11.3. The Kier molecular flexibility index (Phi) is 4.50. The van der Waals surface area contributed by atoms with Crippen molar-refractivity contribution in [2.75, 3.05) is 6.61 Å². The molecule has 0 fully saturated rings. The summed E-state index contributed by atoms with van der Waals surface area (Å²) in [6.07, 6.45) is 1.29. The van der Waals surface area contributed by atoms with E-state index in [4.69, 9.17) is 5.11 Å². The largest absolute Gasteiger partial charge is 0.396 e. The standard InChI is InChI=1S/C13H18O2/c1-10-4-3-5-12(8-10)9-13(6-7-14)11(2)15/h3-5,8,13-14H,6-7,9H2,1-2H3. The fourth-order valence-electron chi connectivity index (χ4n) is 1.73. The highest BCUT2D eigenvalue weighted by Crippen LogP contribution is 2.14. The van der Waals surface area contributed by atoms with Gasteiger partial charge in [-0.25, -0.2) is 0 Å². The molecule has 0 aliphatic rings. The third-order valence-corrected chi connectivity index (χ3v) is 2.62. The lowest BCUT2D eigenvalue weighted by Gasteiger charge is -2.12. The summed E-state index contributed by atoms with van der Waals surface area (Å²) in [6.45, 7) is 3.71. The molecule has 0 saturated carbocycles. The summed E-state index contributed by atoms with van der Waals surface area (Å²) >= 11 is 0. The molecule has 1 unspecified atom stereocenters. The molecule has 1 aromatic carbocycles. The molecule has 2 heteroatoms. The van der Waals surface area contributed by atoms with Crippen molar-refractivity contribution >= 4 is 5.78 Å². The normalized spacial score (nSPS) is 12.5. The Balaban J connectivity index is 2.69. The molecule has 2 nitrogen and oxygen atoms in total. The number of aryl methyl sites for hydroxylation is 1. The van der Waals surface area contributed by atoms with Crippen LogP contribution in [0.2, 0.25) is 0 Å². The Bertz CT molecular complexity index is 331. The first-order valence-corrected chi connectivity index (χ1v) is 5.30. The first-order chi connectivity index (χ1) is 7.13. The average Bonchev–Trinajstić information content (AvgIpc) is 2.17. The highest BCUT2D eigenvalue weighted by atomic mass is 16.3. The fourth-order valence-corrected chi connectivity index (χ4v) is 1.73. The second-order valence-electron chi connectivity index (χ2n) is 4.01. The molecule has 15 heavy (non-hydrogen) atoms. The first kappa shape index (κ1) is 11.9. The third kappa shape index (κ3) is 3.84. The zero-order chi connectivity index (χ0) is 11.3. The van der Waals surface area contributed by atoms with E-state index in [9.17, 15) is 4.79 Å². The van der Waals surface area contributed by atoms with Crippen LogP contribution in [0.25, 0.3) is 0 Å². The molecule has 0 spiro atoms. The van der Waals surface area contributed by atoms with Crippen molar-refractivity contribution in [1.82, 2.24) is 0 Å². The lowest BCUT2D eigenvalue weighted by molar-refractivity contribution is -0.121. The summed E-state index contributed by atoms with van der Waals surface area (Å²) in [5.74, 6) is 0.113. The van der Waals surface area contributed by atoms with Crippen molar-refractivity contribution in [2.45, 2.75) is 26.7 Å². The van der Waals surface area contributed by atoms with E-state index >= 15 is 0 Å². The van der Waals surface area contributed by atoms with Crippen LogP contribution in [0.4, 0.5) is 0 Å². The van der Waals surface area contributed by atoms with Crippen molar-refractivity contribution in [1.29, 1.82) is 0 Å². The Morgan fingerprint density at radius 2 is 2.20 bits per heavy atom. The number of Topliss-reactive ketones (excluding diaryl/α,β-unsaturated/α-hetero) is 1. The van der Waals surface area contributed by atoms with Crippen LogP contribution in [0.5, 0.6) is 0 Å². The van der Waals surface area contributed by atoms with Gasteiger partial charge in [0.15, 0.2) is 0 Å². The van der Waals surface area contributed by atoms with Crippen LogP contribution in [-0.2, 0) is 11.2 Å². The van der Waals surface area contributed by atoms with Crippen molar-refractivity contribution in [3.05, 3.63) is 35.4 Å². The van der Waals surface area contributed by atoms with Gasteiger partial charge in [0.25, 0.3) is 0 Å². The lowest BCUT2D eigenvalue weighted by atomic mass is 9.93. The minimum absolute atomic E-state index is 0.0446. The molecule has 0 bridgehead atoms. The number of aliphatic hydroxyl groups is 1. The second kappa shape index (κ2) is 5.66. The van der Waals surface area contributed by atoms with Gasteiger partial charge >= 0.3 is 0 Å². The molecule has 1 rings (SSSR count). The number of benzene rings is 1. The quantitative estimate of drug-likeness (QED) is 0.801. The molecule has 1 aromatic rings. The summed E-state index contributed by atoms with van der Waals surface area (Å²) in [5, 5.41) is 8.87. The lowest BCUT2D eigenvalue weighted by Crippen LogP contribution is -2.15. The molecule has 0 heterocycles. The maximum absolute atomic E-state index is 11.3. The SMILES string of the molecule is CC(=O)C(CCO)Cc1cccc(C)c1. The molecular weight excluding hydrogens is 188 g/mol. The summed E-state index contributed by atoms with van der Waals surface area (Å²) in [6, 6.07) is 8.16. The first-order valence-electron chi connectivity index (χ1n) is 5.30. The smallest absolute Gasteiger partial charge is 0.133 e. The van der Waals surface area contributed by atoms with Crippen LogP contribution in [-0.4, -0.2) is 17.5 Å². The van der Waals surface area contributed by atoms with Crippen LogP contribution in [0, 0.1) is 12.8 Å². The zero-order valence-electron chi connectivity index (χ0n) is 9.36. The van der Waals surface area contributed by atoms with Crippen molar-refractivity contribution in [3.63, 3.8) is 0 Å². The summed E-state index contributed by atoms with van der Waals surface area (Å²) in [7, 11) is 0. The molecule has 0 saturated heterocycles. The minimum atomic E-state index is -0.0446. The van der Waals surface area contributed by atoms with Crippen LogP contribution in [0.3, 0.4) is 0 Å². The summed E-state index contributed by atoms with van der Waals surface area (Å²) in [4.78, 5) is 11.3. The van der Waals surface area contributed by atoms with Crippen molar-refractivity contribution < 1.29 is 9.90 Å². The van der Waals surface area contributed by atoms with Gasteiger partial charge in [0.05, 0.1) is 0 Å². The van der Waals surface area contributed by atoms with E-state index in [1.165, 1.54) is 11.1 Å². The number of carbonyl (C=O) groups excluding carboxylic acids is 1. The Morgan fingerprint density at radius 1 is 1.47 bits per heavy atom. The average molecular weight is 206 g/mol. The molecule has 1 atom stereocenters. The van der Waals surface area contributed by atoms with Gasteiger partial charge in [0.2, 0.25) is 0 Å². The van der Waals surface area contributed by atoms with Crippen molar-refractivity contribution in [2.24, 2.45) is 5.92 Å². The van der Waals surface area contributed by atoms with E-state index < -0.39 is 0 Å². The van der Waals surface area contributed by atoms with E-state index in [0.29, 0.717) is 6.42 Å². The van der Waals surface area contributed by atoms with Crippen LogP contribution in [0.15, 0.2) is 24.3 Å². The summed E-state index contributed by atoms with van der Waals surface area (Å²) < 4.78 is 0. The van der Waals surface area contributed by atoms with Crippen LogP contribution >= 0.6 is 0 Å². The van der Waals surface area contributed by atoms with Gasteiger partial charge < -0.3 is 5.11 Å². The van der Waals surface area contributed by atoms with Gasteiger partial charge in [-0.1, -0.05) is 29.8 Å². The van der Waals surface area contributed by atoms with Crippen LogP contribution in [0.1, 0.15) is 24.5 Å².